The topological polar surface area (TPSA) is 106 Å². The molecule has 2 heterocycles. The largest absolute Gasteiger partial charge is 0.438 e. The van der Waals surface area contributed by atoms with Gasteiger partial charge in [-0.25, -0.2) is 9.78 Å². The molecule has 0 radical (unpaired) electrons. The van der Waals surface area contributed by atoms with Crippen LogP contribution >= 0.6 is 0 Å². The molecule has 226 valence electrons. The van der Waals surface area contributed by atoms with Gasteiger partial charge in [0.15, 0.2) is 5.82 Å². The van der Waals surface area contributed by atoms with Crippen molar-refractivity contribution in [3.05, 3.63) is 116 Å². The number of aromatic nitrogens is 4. The third-order valence-electron chi connectivity index (χ3n) is 7.77. The first kappa shape index (κ1) is 31.5. The smallest absolute Gasteiger partial charge is 0.388 e. The molecule has 2 aromatic heterocycles. The van der Waals surface area contributed by atoms with Gasteiger partial charge in [0.05, 0.1) is 17.8 Å². The number of nitrogens with one attached hydrogen (secondary N) is 2. The second kappa shape index (κ2) is 14.6. The first-order chi connectivity index (χ1) is 20.9. The number of hydrogen-bond acceptors (Lipinski definition) is 6. The molecule has 1 aliphatic carbocycles. The quantitative estimate of drug-likeness (QED) is 0.220. The molecule has 2 N–H and O–H groups in total. The molecule has 0 amide bonds. The zero-order chi connectivity index (χ0) is 30.9. The summed E-state index contributed by atoms with van der Waals surface area (Å²) in [5.74, 6) is 0.719. The van der Waals surface area contributed by atoms with Crippen molar-refractivity contribution in [3.63, 3.8) is 0 Å². The van der Waals surface area contributed by atoms with Gasteiger partial charge >= 0.3 is 5.76 Å². The number of aryl methyl sites for hydroxylation is 3. The fourth-order valence-electron chi connectivity index (χ4n) is 5.67. The first-order valence-corrected chi connectivity index (χ1v) is 15.4. The maximum atomic E-state index is 14.0. The van der Waals surface area contributed by atoms with E-state index < -0.39 is 5.76 Å². The third-order valence-corrected chi connectivity index (χ3v) is 7.77. The Morgan fingerprint density at radius 2 is 1.81 bits per heavy atom. The Kier molecular flexibility index (Phi) is 10.7. The molecular weight excluding hydrogens is 538 g/mol. The molecule has 0 bridgehead atoms. The highest BCUT2D eigenvalue weighted by molar-refractivity contribution is 5.73. The molecule has 0 aliphatic heterocycles. The van der Waals surface area contributed by atoms with Crippen molar-refractivity contribution in [2.24, 2.45) is 0 Å². The van der Waals surface area contributed by atoms with Gasteiger partial charge in [-0.2, -0.15) is 0 Å². The second-order valence-electron chi connectivity index (χ2n) is 10.5. The molecule has 1 unspecified atom stereocenters. The van der Waals surface area contributed by atoms with Gasteiger partial charge in [0.1, 0.15) is 5.82 Å². The lowest BCUT2D eigenvalue weighted by atomic mass is 9.88. The number of benzene rings is 2. The highest BCUT2D eigenvalue weighted by Crippen LogP contribution is 2.36. The average molecular weight is 582 g/mol. The molecule has 0 fully saturated rings. The predicted molar refractivity (Wildman–Crippen MR) is 175 cm³/mol. The minimum Gasteiger partial charge on any atom is -0.388 e. The molecule has 0 saturated heterocycles. The number of aromatic amines is 1. The Labute approximate surface area is 253 Å². The lowest BCUT2D eigenvalue weighted by Crippen LogP contribution is -2.28. The van der Waals surface area contributed by atoms with Crippen molar-refractivity contribution >= 4 is 11.3 Å². The minimum absolute atomic E-state index is 0.0176. The molecule has 1 aliphatic rings. The molecule has 4 aromatic rings. The number of allylic oxidation sites excluding steroid dienone is 4. The van der Waals surface area contributed by atoms with Crippen molar-refractivity contribution < 1.29 is 4.52 Å². The normalized spacial score (nSPS) is 14.5. The van der Waals surface area contributed by atoms with Crippen LogP contribution in [-0.4, -0.2) is 26.7 Å². The zero-order valence-electron chi connectivity index (χ0n) is 26.2. The van der Waals surface area contributed by atoms with E-state index in [1.165, 1.54) is 5.56 Å². The van der Waals surface area contributed by atoms with Crippen LogP contribution in [0.15, 0.2) is 74.8 Å². The van der Waals surface area contributed by atoms with Gasteiger partial charge < -0.3 is 5.32 Å². The maximum Gasteiger partial charge on any atom is 0.438 e. The van der Waals surface area contributed by atoms with E-state index in [2.05, 4.69) is 71.8 Å². The summed E-state index contributed by atoms with van der Waals surface area (Å²) < 4.78 is 6.62. The lowest BCUT2D eigenvalue weighted by molar-refractivity contribution is 0.379. The van der Waals surface area contributed by atoms with Crippen LogP contribution < -0.4 is 16.6 Å². The molecule has 1 atom stereocenters. The Morgan fingerprint density at radius 3 is 2.47 bits per heavy atom. The highest BCUT2D eigenvalue weighted by atomic mass is 16.5. The van der Waals surface area contributed by atoms with E-state index in [0.717, 1.165) is 71.6 Å². The van der Waals surface area contributed by atoms with E-state index in [0.29, 0.717) is 17.9 Å². The van der Waals surface area contributed by atoms with Crippen LogP contribution in [0, 0.1) is 6.92 Å². The number of hydrogen-bond donors (Lipinski definition) is 2. The molecule has 2 aromatic carbocycles. The summed E-state index contributed by atoms with van der Waals surface area (Å²) in [7, 11) is 1.91. The van der Waals surface area contributed by atoms with Crippen molar-refractivity contribution in [1.82, 2.24) is 19.7 Å². The molecule has 8 nitrogen and oxygen atoms in total. The van der Waals surface area contributed by atoms with E-state index in [1.54, 1.807) is 0 Å². The fraction of sp³-hybridized carbons (Fsp3) is 0.371. The van der Waals surface area contributed by atoms with Crippen LogP contribution in [-0.2, 0) is 19.4 Å². The molecule has 0 spiro atoms. The van der Waals surface area contributed by atoms with Gasteiger partial charge in [-0.1, -0.05) is 81.4 Å². The summed E-state index contributed by atoms with van der Waals surface area (Å²) in [5, 5.41) is 7.21. The van der Waals surface area contributed by atoms with Crippen molar-refractivity contribution in [2.45, 2.75) is 79.2 Å². The van der Waals surface area contributed by atoms with E-state index in [1.807, 2.05) is 50.6 Å². The first-order valence-electron chi connectivity index (χ1n) is 15.4. The maximum absolute atomic E-state index is 14.0. The molecule has 0 saturated carbocycles. The van der Waals surface area contributed by atoms with Gasteiger partial charge in [0.2, 0.25) is 0 Å². The monoisotopic (exact) mass is 581 g/mol. The standard InChI is InChI=1S/C33H37N5O3.C2H6/c1-5-10-29-35-21(3)30(25-17-18-28(34-4)23(6-2)19-25)32(39)38(29)20-22-13-15-24(16-14-22)26-11-8-7-9-12-27(26)31-36-33(40)41-37-31;1-2/h7-8,11,13-19,27,34H,5-6,9-10,12,20H2,1-4H3,(H,36,37,40);1-2H3. The highest BCUT2D eigenvalue weighted by Gasteiger charge is 2.23. The van der Waals surface area contributed by atoms with E-state index >= 15 is 0 Å². The number of H-pyrrole nitrogens is 1. The molecular formula is C35H43N5O3. The SMILES string of the molecule is CC.CCCc1nc(C)c(-c2ccc(NC)c(CC)c2)c(=O)n1Cc1ccc(C2=CC=CCCC2c2noc(=O)[nH]2)cc1. The Hall–Kier alpha value is -4.46. The van der Waals surface area contributed by atoms with E-state index in [-0.39, 0.29) is 11.5 Å². The van der Waals surface area contributed by atoms with Gasteiger partial charge in [-0.05, 0) is 72.6 Å². The zero-order valence-corrected chi connectivity index (χ0v) is 26.2. The van der Waals surface area contributed by atoms with Crippen LogP contribution in [0.25, 0.3) is 16.7 Å². The number of rotatable bonds is 9. The summed E-state index contributed by atoms with van der Waals surface area (Å²) in [5.41, 5.74) is 7.64. The summed E-state index contributed by atoms with van der Waals surface area (Å²) in [6, 6.07) is 14.4. The Morgan fingerprint density at radius 1 is 1.07 bits per heavy atom. The molecule has 8 heteroatoms. The Bertz CT molecular complexity index is 1710. The van der Waals surface area contributed by atoms with Crippen molar-refractivity contribution in [2.75, 3.05) is 12.4 Å². The second-order valence-corrected chi connectivity index (χ2v) is 10.5. The van der Waals surface area contributed by atoms with Gasteiger partial charge in [0, 0.05) is 25.1 Å². The van der Waals surface area contributed by atoms with E-state index in [9.17, 15) is 9.59 Å². The summed E-state index contributed by atoms with van der Waals surface area (Å²) >= 11 is 0. The lowest BCUT2D eigenvalue weighted by Gasteiger charge is -2.18. The van der Waals surface area contributed by atoms with Crippen molar-refractivity contribution in [3.8, 4) is 11.1 Å². The van der Waals surface area contributed by atoms with Gasteiger partial charge in [-0.15, -0.1) is 0 Å². The minimum atomic E-state index is -0.546. The molecule has 5 rings (SSSR count). The van der Waals surface area contributed by atoms with Gasteiger partial charge in [-0.3, -0.25) is 18.9 Å². The van der Waals surface area contributed by atoms with Crippen molar-refractivity contribution in [1.29, 1.82) is 0 Å². The number of anilines is 1. The van der Waals surface area contributed by atoms with Crippen LogP contribution in [0.3, 0.4) is 0 Å². The van der Waals surface area contributed by atoms with Crippen LogP contribution in [0.5, 0.6) is 0 Å². The van der Waals surface area contributed by atoms with Gasteiger partial charge in [0.25, 0.3) is 5.56 Å². The fourth-order valence-corrected chi connectivity index (χ4v) is 5.67. The summed E-state index contributed by atoms with van der Waals surface area (Å²) in [6.45, 7) is 10.6. The molecule has 43 heavy (non-hydrogen) atoms. The average Bonchev–Trinajstić information content (AvgIpc) is 3.31. The predicted octanol–water partition coefficient (Wildman–Crippen LogP) is 7.04. The van der Waals surface area contributed by atoms with E-state index in [4.69, 9.17) is 9.51 Å². The summed E-state index contributed by atoms with van der Waals surface area (Å²) in [6.07, 6.45) is 10.4. The van der Waals surface area contributed by atoms with Crippen LogP contribution in [0.4, 0.5) is 5.69 Å². The number of nitrogens with zero attached hydrogens (tertiary/aromatic N) is 3. The van der Waals surface area contributed by atoms with Crippen LogP contribution in [0.2, 0.25) is 0 Å². The van der Waals surface area contributed by atoms with Crippen LogP contribution in [0.1, 0.15) is 86.9 Å². The third kappa shape index (κ3) is 6.96. The summed E-state index contributed by atoms with van der Waals surface area (Å²) in [4.78, 5) is 33.3. The Balaban J connectivity index is 0.00000207.